The Morgan fingerprint density at radius 1 is 1.20 bits per heavy atom. The third-order valence-electron chi connectivity index (χ3n) is 3.51. The fourth-order valence-electron chi connectivity index (χ4n) is 2.33. The molecule has 2 N–H and O–H groups in total. The van der Waals surface area contributed by atoms with Crippen LogP contribution >= 0.6 is 35.3 Å². The third kappa shape index (κ3) is 6.03. The number of methoxy groups -OCH3 is 2. The van der Waals surface area contributed by atoms with Gasteiger partial charge in [-0.25, -0.2) is 4.98 Å². The number of aliphatic imine (C=N–C) groups is 1. The molecular weight excluding hydrogens is 451 g/mol. The van der Waals surface area contributed by atoms with E-state index < -0.39 is 0 Å². The Kier molecular flexibility index (Phi) is 8.98. The number of ether oxygens (including phenoxy) is 2. The molecule has 0 saturated heterocycles. The minimum Gasteiger partial charge on any atom is -0.493 e. The van der Waals surface area contributed by atoms with Crippen molar-refractivity contribution in [3.05, 3.63) is 33.8 Å². The molecule has 6 nitrogen and oxygen atoms in total. The van der Waals surface area contributed by atoms with E-state index in [1.54, 1.807) is 32.6 Å². The summed E-state index contributed by atoms with van der Waals surface area (Å²) >= 11 is 1.74. The molecule has 25 heavy (non-hydrogen) atoms. The number of nitrogens with one attached hydrogen (secondary N) is 2. The molecule has 0 bridgehead atoms. The Hall–Kier alpha value is -1.55. The Morgan fingerprint density at radius 2 is 1.92 bits per heavy atom. The van der Waals surface area contributed by atoms with E-state index in [0.29, 0.717) is 17.5 Å². The number of nitrogens with zero attached hydrogens (tertiary/aromatic N) is 2. The number of thiazole rings is 1. The van der Waals surface area contributed by atoms with Crippen molar-refractivity contribution in [1.29, 1.82) is 0 Å². The van der Waals surface area contributed by atoms with Crippen molar-refractivity contribution in [1.82, 2.24) is 10.3 Å². The van der Waals surface area contributed by atoms with Gasteiger partial charge < -0.3 is 20.1 Å². The van der Waals surface area contributed by atoms with E-state index in [1.165, 1.54) is 4.88 Å². The van der Waals surface area contributed by atoms with Gasteiger partial charge in [0.25, 0.3) is 0 Å². The first kappa shape index (κ1) is 21.5. The third-order valence-corrected chi connectivity index (χ3v) is 4.65. The van der Waals surface area contributed by atoms with Crippen LogP contribution in [0, 0.1) is 13.8 Å². The molecule has 0 unspecified atom stereocenters. The van der Waals surface area contributed by atoms with Gasteiger partial charge in [-0.2, -0.15) is 0 Å². The van der Waals surface area contributed by atoms with Crippen LogP contribution in [0.25, 0.3) is 0 Å². The number of halogens is 1. The highest BCUT2D eigenvalue weighted by atomic mass is 127. The van der Waals surface area contributed by atoms with E-state index in [9.17, 15) is 0 Å². The van der Waals surface area contributed by atoms with Gasteiger partial charge in [-0.3, -0.25) is 4.99 Å². The van der Waals surface area contributed by atoms with Gasteiger partial charge in [0.1, 0.15) is 0 Å². The minimum absolute atomic E-state index is 0. The maximum Gasteiger partial charge on any atom is 0.195 e. The summed E-state index contributed by atoms with van der Waals surface area (Å²) in [6.45, 7) is 4.87. The SMILES string of the molecule is CN=C(NCCc1sc(C)nc1C)Nc1ccc(OC)c(OC)c1.I. The number of rotatable bonds is 6. The molecule has 1 aromatic heterocycles. The maximum absolute atomic E-state index is 5.32. The molecule has 138 valence electrons. The molecule has 0 aliphatic heterocycles. The molecule has 8 heteroatoms. The Labute approximate surface area is 170 Å². The fraction of sp³-hybridized carbons (Fsp3) is 0.412. The summed E-state index contributed by atoms with van der Waals surface area (Å²) in [4.78, 5) is 10.0. The zero-order valence-corrected chi connectivity index (χ0v) is 18.3. The molecule has 0 aliphatic carbocycles. The zero-order chi connectivity index (χ0) is 17.5. The summed E-state index contributed by atoms with van der Waals surface area (Å²) in [5, 5.41) is 7.67. The lowest BCUT2D eigenvalue weighted by molar-refractivity contribution is 0.355. The van der Waals surface area contributed by atoms with E-state index in [1.807, 2.05) is 25.1 Å². The predicted octanol–water partition coefficient (Wildman–Crippen LogP) is 3.63. The number of guanidine groups is 1. The molecule has 0 saturated carbocycles. The average Bonchev–Trinajstić information content (AvgIpc) is 2.91. The number of anilines is 1. The van der Waals surface area contributed by atoms with E-state index >= 15 is 0 Å². The lowest BCUT2D eigenvalue weighted by Crippen LogP contribution is -2.32. The Bertz CT molecular complexity index is 719. The second-order valence-corrected chi connectivity index (χ2v) is 6.47. The molecule has 0 spiro atoms. The molecule has 2 rings (SSSR count). The number of aryl methyl sites for hydroxylation is 2. The highest BCUT2D eigenvalue weighted by Crippen LogP contribution is 2.29. The first-order valence-corrected chi connectivity index (χ1v) is 8.51. The van der Waals surface area contributed by atoms with Gasteiger partial charge in [0.05, 0.1) is 24.9 Å². The van der Waals surface area contributed by atoms with Crippen molar-refractivity contribution in [2.75, 3.05) is 33.1 Å². The molecule has 1 heterocycles. The molecule has 2 aromatic rings. The van der Waals surface area contributed by atoms with E-state index in [4.69, 9.17) is 9.47 Å². The highest BCUT2D eigenvalue weighted by Gasteiger charge is 2.07. The first-order valence-electron chi connectivity index (χ1n) is 7.70. The van der Waals surface area contributed by atoms with Crippen molar-refractivity contribution in [3.8, 4) is 11.5 Å². The van der Waals surface area contributed by atoms with Crippen LogP contribution in [0.1, 0.15) is 15.6 Å². The molecule has 0 radical (unpaired) electrons. The Balaban J connectivity index is 0.00000312. The van der Waals surface area contributed by atoms with Crippen LogP contribution in [0.5, 0.6) is 11.5 Å². The maximum atomic E-state index is 5.32. The van der Waals surface area contributed by atoms with E-state index in [2.05, 4.69) is 27.5 Å². The molecule has 0 aliphatic rings. The lowest BCUT2D eigenvalue weighted by atomic mass is 10.2. The fourth-order valence-corrected chi connectivity index (χ4v) is 3.27. The van der Waals surface area contributed by atoms with Gasteiger partial charge in [0.2, 0.25) is 0 Å². The molecule has 0 fully saturated rings. The van der Waals surface area contributed by atoms with Gasteiger partial charge in [-0.1, -0.05) is 0 Å². The summed E-state index contributed by atoms with van der Waals surface area (Å²) < 4.78 is 10.6. The number of hydrogen-bond acceptors (Lipinski definition) is 5. The standard InChI is InChI=1S/C17H24N4O2S.HI/c1-11-16(24-12(2)20-11)8-9-19-17(18-3)21-13-6-7-14(22-4)15(10-13)23-5;/h6-7,10H,8-9H2,1-5H3,(H2,18,19,21);1H. The van der Waals surface area contributed by atoms with Gasteiger partial charge in [-0.15, -0.1) is 35.3 Å². The first-order chi connectivity index (χ1) is 11.6. The summed E-state index contributed by atoms with van der Waals surface area (Å²) in [7, 11) is 4.99. The highest BCUT2D eigenvalue weighted by molar-refractivity contribution is 14.0. The van der Waals surface area contributed by atoms with Crippen molar-refractivity contribution < 1.29 is 9.47 Å². The second-order valence-electron chi connectivity index (χ2n) is 5.19. The molecule has 0 atom stereocenters. The van der Waals surface area contributed by atoms with Crippen molar-refractivity contribution in [3.63, 3.8) is 0 Å². The van der Waals surface area contributed by atoms with Crippen LogP contribution in [0.4, 0.5) is 5.69 Å². The van der Waals surface area contributed by atoms with E-state index in [0.717, 1.165) is 29.4 Å². The molecule has 0 amide bonds. The largest absolute Gasteiger partial charge is 0.493 e. The van der Waals surface area contributed by atoms with Crippen LogP contribution in [0.3, 0.4) is 0 Å². The number of hydrogen-bond donors (Lipinski definition) is 2. The minimum atomic E-state index is 0. The van der Waals surface area contributed by atoms with Crippen LogP contribution in [0.2, 0.25) is 0 Å². The summed E-state index contributed by atoms with van der Waals surface area (Å²) in [5.41, 5.74) is 1.99. The van der Waals surface area contributed by atoms with Crippen LogP contribution < -0.4 is 20.1 Å². The summed E-state index contributed by atoms with van der Waals surface area (Å²) in [5.74, 6) is 2.08. The van der Waals surface area contributed by atoms with Crippen LogP contribution in [-0.2, 0) is 6.42 Å². The molecule has 1 aromatic carbocycles. The summed E-state index contributed by atoms with van der Waals surface area (Å²) in [6, 6.07) is 5.66. The number of aromatic nitrogens is 1. The quantitative estimate of drug-likeness (QED) is 0.379. The average molecular weight is 476 g/mol. The van der Waals surface area contributed by atoms with Crippen molar-refractivity contribution in [2.45, 2.75) is 20.3 Å². The van der Waals surface area contributed by atoms with Gasteiger partial charge >= 0.3 is 0 Å². The van der Waals surface area contributed by atoms with E-state index in [-0.39, 0.29) is 24.0 Å². The van der Waals surface area contributed by atoms with Gasteiger partial charge in [0.15, 0.2) is 17.5 Å². The second kappa shape index (κ2) is 10.4. The Morgan fingerprint density at radius 3 is 2.48 bits per heavy atom. The smallest absolute Gasteiger partial charge is 0.195 e. The van der Waals surface area contributed by atoms with Crippen LogP contribution in [-0.4, -0.2) is 38.8 Å². The predicted molar refractivity (Wildman–Crippen MR) is 115 cm³/mol. The number of benzene rings is 1. The van der Waals surface area contributed by atoms with Crippen molar-refractivity contribution >= 4 is 47.0 Å². The van der Waals surface area contributed by atoms with Crippen molar-refractivity contribution in [2.24, 2.45) is 4.99 Å². The van der Waals surface area contributed by atoms with Crippen LogP contribution in [0.15, 0.2) is 23.2 Å². The normalized spacial score (nSPS) is 10.8. The summed E-state index contributed by atoms with van der Waals surface area (Å²) in [6.07, 6.45) is 0.921. The lowest BCUT2D eigenvalue weighted by Gasteiger charge is -2.14. The topological polar surface area (TPSA) is 67.8 Å². The monoisotopic (exact) mass is 476 g/mol. The zero-order valence-electron chi connectivity index (χ0n) is 15.2. The molecular formula is C17H25IN4O2S. The van der Waals surface area contributed by atoms with Gasteiger partial charge in [-0.05, 0) is 26.0 Å². The van der Waals surface area contributed by atoms with Gasteiger partial charge in [0, 0.05) is 36.6 Å².